The lowest BCUT2D eigenvalue weighted by molar-refractivity contribution is 0.686. The average Bonchev–Trinajstić information content (AvgIpc) is 2.03. The molecule has 0 amide bonds. The first-order valence-electron chi connectivity index (χ1n) is 4.03. The van der Waals surface area contributed by atoms with E-state index in [4.69, 9.17) is 0 Å². The highest BCUT2D eigenvalue weighted by atomic mass is 14.9. The molecule has 0 aromatic heterocycles. The zero-order chi connectivity index (χ0) is 8.10. The summed E-state index contributed by atoms with van der Waals surface area (Å²) in [4.78, 5) is 0. The van der Waals surface area contributed by atoms with Crippen molar-refractivity contribution in [2.75, 3.05) is 13.1 Å². The lowest BCUT2D eigenvalue weighted by Gasteiger charge is -2.15. The van der Waals surface area contributed by atoms with Gasteiger partial charge in [0.15, 0.2) is 0 Å². The molecule has 0 atom stereocenters. The molecule has 0 spiro atoms. The van der Waals surface area contributed by atoms with Crippen LogP contribution in [0.4, 0.5) is 0 Å². The van der Waals surface area contributed by atoms with Crippen molar-refractivity contribution < 1.29 is 0 Å². The van der Waals surface area contributed by atoms with Crippen LogP contribution in [0.25, 0.3) is 0 Å². The monoisotopic (exact) mass is 149 g/mol. The molecule has 1 rings (SSSR count). The zero-order valence-electron chi connectivity index (χ0n) is 7.06. The molecule has 0 aromatic rings. The van der Waals surface area contributed by atoms with E-state index in [-0.39, 0.29) is 0 Å². The molecular weight excluding hydrogens is 134 g/mol. The molecule has 60 valence electrons. The van der Waals surface area contributed by atoms with E-state index in [1.54, 1.807) is 0 Å². The Hall–Kier alpha value is -0.820. The topological polar surface area (TPSA) is 12.0 Å². The van der Waals surface area contributed by atoms with Crippen molar-refractivity contribution in [2.24, 2.45) is 0 Å². The molecule has 11 heavy (non-hydrogen) atoms. The second-order valence-corrected chi connectivity index (χ2v) is 2.83. The minimum atomic E-state index is 1.01. The van der Waals surface area contributed by atoms with Gasteiger partial charge in [-0.2, -0.15) is 0 Å². The molecule has 1 N–H and O–H groups in total. The molecule has 1 aliphatic rings. The van der Waals surface area contributed by atoms with Crippen LogP contribution in [0.3, 0.4) is 0 Å². The van der Waals surface area contributed by atoms with Crippen LogP contribution in [0, 0.1) is 0 Å². The maximum absolute atomic E-state index is 3.64. The lowest BCUT2D eigenvalue weighted by Crippen LogP contribution is -2.23. The van der Waals surface area contributed by atoms with Gasteiger partial charge in [0.2, 0.25) is 0 Å². The summed E-state index contributed by atoms with van der Waals surface area (Å²) in [6, 6.07) is 0. The van der Waals surface area contributed by atoms with E-state index in [1.807, 2.05) is 12.2 Å². The second-order valence-electron chi connectivity index (χ2n) is 2.83. The van der Waals surface area contributed by atoms with E-state index in [0.29, 0.717) is 0 Å². The summed E-state index contributed by atoms with van der Waals surface area (Å²) >= 11 is 0. The predicted octanol–water partition coefficient (Wildman–Crippen LogP) is 2.04. The van der Waals surface area contributed by atoms with E-state index < -0.39 is 0 Å². The molecular formula is C10H15N. The molecule has 0 saturated carbocycles. The van der Waals surface area contributed by atoms with E-state index in [2.05, 4.69) is 24.9 Å². The number of hydrogen-bond acceptors (Lipinski definition) is 1. The van der Waals surface area contributed by atoms with Crippen molar-refractivity contribution in [1.82, 2.24) is 5.32 Å². The molecule has 0 bridgehead atoms. The first-order chi connectivity index (χ1) is 5.34. The van der Waals surface area contributed by atoms with Gasteiger partial charge in [0.25, 0.3) is 0 Å². The molecule has 0 unspecified atom stereocenters. The molecule has 0 saturated heterocycles. The molecule has 1 heterocycles. The van der Waals surface area contributed by atoms with Gasteiger partial charge in [-0.3, -0.25) is 0 Å². The zero-order valence-corrected chi connectivity index (χ0v) is 7.06. The molecule has 0 radical (unpaired) electrons. The second kappa shape index (κ2) is 4.14. The van der Waals surface area contributed by atoms with Gasteiger partial charge in [-0.05, 0) is 25.5 Å². The van der Waals surface area contributed by atoms with Crippen LogP contribution in [-0.4, -0.2) is 13.1 Å². The van der Waals surface area contributed by atoms with Gasteiger partial charge in [0, 0.05) is 6.54 Å². The Morgan fingerprint density at radius 2 is 2.36 bits per heavy atom. The summed E-state index contributed by atoms with van der Waals surface area (Å²) in [5.74, 6) is 0. The van der Waals surface area contributed by atoms with Gasteiger partial charge in [-0.25, -0.2) is 0 Å². The van der Waals surface area contributed by atoms with Crippen molar-refractivity contribution in [3.05, 3.63) is 36.0 Å². The van der Waals surface area contributed by atoms with Gasteiger partial charge in [0.1, 0.15) is 0 Å². The Morgan fingerprint density at radius 3 is 3.00 bits per heavy atom. The summed E-state index contributed by atoms with van der Waals surface area (Å²) in [6.45, 7) is 7.97. The summed E-state index contributed by atoms with van der Waals surface area (Å²) < 4.78 is 0. The fraction of sp³-hybridized carbons (Fsp3) is 0.400. The van der Waals surface area contributed by atoms with Crippen molar-refractivity contribution in [1.29, 1.82) is 0 Å². The summed E-state index contributed by atoms with van der Waals surface area (Å²) in [5, 5.41) is 3.33. The fourth-order valence-electron chi connectivity index (χ4n) is 1.20. The van der Waals surface area contributed by atoms with E-state index in [1.165, 1.54) is 17.6 Å². The Balaban J connectivity index is 2.66. The maximum Gasteiger partial charge on any atom is 0.0205 e. The number of allylic oxidation sites excluding steroid dienone is 2. The van der Waals surface area contributed by atoms with Gasteiger partial charge in [0.05, 0.1) is 0 Å². The highest BCUT2D eigenvalue weighted by Gasteiger charge is 2.03. The van der Waals surface area contributed by atoms with Crippen LogP contribution in [0.1, 0.15) is 13.3 Å². The van der Waals surface area contributed by atoms with Crippen molar-refractivity contribution in [3.8, 4) is 0 Å². The number of nitrogens with one attached hydrogen (secondary N) is 1. The Bertz CT molecular complexity index is 199. The van der Waals surface area contributed by atoms with Crippen molar-refractivity contribution in [3.63, 3.8) is 0 Å². The van der Waals surface area contributed by atoms with Crippen LogP contribution in [0.15, 0.2) is 36.0 Å². The van der Waals surface area contributed by atoms with Gasteiger partial charge < -0.3 is 5.32 Å². The molecule has 0 fully saturated rings. The van der Waals surface area contributed by atoms with Gasteiger partial charge in [-0.1, -0.05) is 30.4 Å². The number of rotatable bonds is 2. The Labute approximate surface area is 68.5 Å². The molecule has 0 aliphatic carbocycles. The highest BCUT2D eigenvalue weighted by Crippen LogP contribution is 2.12. The minimum Gasteiger partial charge on any atom is -0.312 e. The van der Waals surface area contributed by atoms with Crippen LogP contribution in [0.5, 0.6) is 0 Å². The molecule has 1 heteroatoms. The lowest BCUT2D eigenvalue weighted by atomic mass is 10.0. The van der Waals surface area contributed by atoms with Crippen LogP contribution in [-0.2, 0) is 0 Å². The molecule has 1 aliphatic heterocycles. The smallest absolute Gasteiger partial charge is 0.0205 e. The van der Waals surface area contributed by atoms with Crippen molar-refractivity contribution in [2.45, 2.75) is 13.3 Å². The quantitative estimate of drug-likeness (QED) is 0.592. The average molecular weight is 149 g/mol. The summed E-state index contributed by atoms with van der Waals surface area (Å²) in [7, 11) is 0. The highest BCUT2D eigenvalue weighted by molar-refractivity contribution is 5.29. The normalized spacial score (nSPS) is 19.4. The molecule has 1 nitrogen and oxygen atoms in total. The van der Waals surface area contributed by atoms with E-state index in [9.17, 15) is 0 Å². The minimum absolute atomic E-state index is 1.01. The van der Waals surface area contributed by atoms with Crippen LogP contribution in [0.2, 0.25) is 0 Å². The summed E-state index contributed by atoms with van der Waals surface area (Å²) in [6.07, 6.45) is 7.12. The van der Waals surface area contributed by atoms with Gasteiger partial charge in [-0.15, -0.1) is 0 Å². The maximum atomic E-state index is 3.64. The SMILES string of the molecule is C=C/C=C\C1=C(C)CCNC1. The fourth-order valence-corrected chi connectivity index (χ4v) is 1.20. The largest absolute Gasteiger partial charge is 0.312 e. The summed E-state index contributed by atoms with van der Waals surface area (Å²) in [5.41, 5.74) is 2.91. The third kappa shape index (κ3) is 2.35. The van der Waals surface area contributed by atoms with Crippen molar-refractivity contribution >= 4 is 0 Å². The van der Waals surface area contributed by atoms with Crippen LogP contribution >= 0.6 is 0 Å². The van der Waals surface area contributed by atoms with Gasteiger partial charge >= 0.3 is 0 Å². The first-order valence-corrected chi connectivity index (χ1v) is 4.03. The van der Waals surface area contributed by atoms with E-state index >= 15 is 0 Å². The Morgan fingerprint density at radius 1 is 1.55 bits per heavy atom. The Kier molecular flexibility index (Phi) is 3.12. The standard InChI is InChI=1S/C10H15N/c1-3-4-5-10-8-11-7-6-9(10)2/h3-5,11H,1,6-8H2,2H3/b5-4-. The predicted molar refractivity (Wildman–Crippen MR) is 49.5 cm³/mol. The third-order valence-corrected chi connectivity index (χ3v) is 1.97. The number of hydrogen-bond donors (Lipinski definition) is 1. The van der Waals surface area contributed by atoms with Crippen LogP contribution < -0.4 is 5.32 Å². The third-order valence-electron chi connectivity index (χ3n) is 1.97. The molecule has 0 aromatic carbocycles. The van der Waals surface area contributed by atoms with E-state index in [0.717, 1.165) is 13.1 Å². The first kappa shape index (κ1) is 8.28.